The molecule has 2 aromatic carbocycles. The summed E-state index contributed by atoms with van der Waals surface area (Å²) in [7, 11) is 1.61. The number of hydrogen-bond acceptors (Lipinski definition) is 6. The molecule has 0 radical (unpaired) electrons. The summed E-state index contributed by atoms with van der Waals surface area (Å²) < 4.78 is 16.3. The van der Waals surface area contributed by atoms with Crippen molar-refractivity contribution in [3.63, 3.8) is 0 Å². The van der Waals surface area contributed by atoms with Gasteiger partial charge in [0.05, 0.1) is 7.11 Å². The largest absolute Gasteiger partial charge is 0.493 e. The van der Waals surface area contributed by atoms with Gasteiger partial charge < -0.3 is 19.6 Å². The fourth-order valence-corrected chi connectivity index (χ4v) is 2.13. The lowest BCUT2D eigenvalue weighted by Crippen LogP contribution is -1.97. The Kier molecular flexibility index (Phi) is 4.76. The Morgan fingerprint density at radius 2 is 1.88 bits per heavy atom. The number of nitrogens with zero attached hydrogens (tertiary/aromatic N) is 2. The molecule has 0 bridgehead atoms. The normalized spacial score (nSPS) is 10.9. The van der Waals surface area contributed by atoms with Crippen LogP contribution in [-0.2, 0) is 6.61 Å². The molecule has 0 aliphatic heterocycles. The van der Waals surface area contributed by atoms with Crippen LogP contribution < -0.4 is 15.2 Å². The summed E-state index contributed by atoms with van der Waals surface area (Å²) >= 11 is 0. The average Bonchev–Trinajstić information content (AvgIpc) is 3.04. The summed E-state index contributed by atoms with van der Waals surface area (Å²) in [5.41, 5.74) is 7.39. The molecule has 0 saturated heterocycles. The lowest BCUT2D eigenvalue weighted by atomic mass is 10.2. The zero-order valence-electron chi connectivity index (χ0n) is 13.2. The third-order valence-corrected chi connectivity index (χ3v) is 3.30. The van der Waals surface area contributed by atoms with E-state index in [1.165, 1.54) is 0 Å². The van der Waals surface area contributed by atoms with E-state index in [-0.39, 0.29) is 6.01 Å². The van der Waals surface area contributed by atoms with Gasteiger partial charge in [-0.1, -0.05) is 41.5 Å². The highest BCUT2D eigenvalue weighted by atomic mass is 16.5. The van der Waals surface area contributed by atoms with E-state index in [1.54, 1.807) is 13.2 Å². The van der Waals surface area contributed by atoms with Crippen LogP contribution in [0.15, 0.2) is 52.9 Å². The second-order valence-electron chi connectivity index (χ2n) is 5.00. The van der Waals surface area contributed by atoms with E-state index in [9.17, 15) is 0 Å². The minimum atomic E-state index is 0.0382. The van der Waals surface area contributed by atoms with E-state index in [4.69, 9.17) is 19.6 Å². The average molecular weight is 323 g/mol. The van der Waals surface area contributed by atoms with Gasteiger partial charge >= 0.3 is 6.01 Å². The van der Waals surface area contributed by atoms with E-state index >= 15 is 0 Å². The fourth-order valence-electron chi connectivity index (χ4n) is 2.13. The molecule has 0 aliphatic rings. The lowest BCUT2D eigenvalue weighted by Gasteiger charge is -2.11. The van der Waals surface area contributed by atoms with Crippen LogP contribution in [0.2, 0.25) is 0 Å². The number of benzene rings is 2. The number of methoxy groups -OCH3 is 1. The maximum Gasteiger partial charge on any atom is 0.313 e. The van der Waals surface area contributed by atoms with Crippen molar-refractivity contribution in [1.82, 2.24) is 10.2 Å². The van der Waals surface area contributed by atoms with E-state index in [0.717, 1.165) is 11.1 Å². The molecule has 0 atom stereocenters. The van der Waals surface area contributed by atoms with Crippen molar-refractivity contribution in [1.29, 1.82) is 0 Å². The number of ether oxygens (including phenoxy) is 2. The van der Waals surface area contributed by atoms with Crippen molar-refractivity contribution in [2.75, 3.05) is 12.8 Å². The van der Waals surface area contributed by atoms with Crippen LogP contribution in [0.3, 0.4) is 0 Å². The molecule has 0 aliphatic carbocycles. The van der Waals surface area contributed by atoms with Crippen LogP contribution in [0, 0.1) is 0 Å². The predicted molar refractivity (Wildman–Crippen MR) is 91.4 cm³/mol. The minimum Gasteiger partial charge on any atom is -0.493 e. The van der Waals surface area contributed by atoms with Gasteiger partial charge in [-0.25, -0.2) is 0 Å². The maximum absolute atomic E-state index is 5.88. The molecule has 0 amide bonds. The van der Waals surface area contributed by atoms with E-state index in [0.29, 0.717) is 24.0 Å². The molecule has 6 heteroatoms. The Morgan fingerprint density at radius 3 is 2.58 bits per heavy atom. The number of anilines is 1. The predicted octanol–water partition coefficient (Wildman–Crippen LogP) is 3.41. The van der Waals surface area contributed by atoms with Gasteiger partial charge in [-0.05, 0) is 29.3 Å². The first-order valence-corrected chi connectivity index (χ1v) is 7.36. The molecule has 0 fully saturated rings. The lowest BCUT2D eigenvalue weighted by molar-refractivity contribution is 0.284. The molecule has 122 valence electrons. The molecule has 1 aromatic heterocycles. The first-order valence-electron chi connectivity index (χ1n) is 7.36. The Balaban J connectivity index is 1.76. The summed E-state index contributed by atoms with van der Waals surface area (Å²) in [6.45, 7) is 0.463. The van der Waals surface area contributed by atoms with Crippen molar-refractivity contribution in [3.05, 3.63) is 65.5 Å². The van der Waals surface area contributed by atoms with E-state index in [2.05, 4.69) is 10.2 Å². The van der Waals surface area contributed by atoms with Gasteiger partial charge in [0.25, 0.3) is 0 Å². The quantitative estimate of drug-likeness (QED) is 0.748. The zero-order chi connectivity index (χ0) is 16.8. The Bertz CT molecular complexity index is 829. The third-order valence-electron chi connectivity index (χ3n) is 3.30. The highest BCUT2D eigenvalue weighted by molar-refractivity contribution is 5.68. The Labute approximate surface area is 139 Å². The highest BCUT2D eigenvalue weighted by Crippen LogP contribution is 2.29. The molecule has 0 spiro atoms. The fraction of sp³-hybridized carbons (Fsp3) is 0.111. The van der Waals surface area contributed by atoms with Crippen molar-refractivity contribution in [2.24, 2.45) is 0 Å². The number of nitrogen functional groups attached to an aromatic ring is 1. The molecule has 2 N–H and O–H groups in total. The van der Waals surface area contributed by atoms with Gasteiger partial charge in [0.2, 0.25) is 5.89 Å². The highest BCUT2D eigenvalue weighted by Gasteiger charge is 2.06. The second-order valence-corrected chi connectivity index (χ2v) is 5.00. The maximum atomic E-state index is 5.88. The van der Waals surface area contributed by atoms with Gasteiger partial charge in [0.1, 0.15) is 6.61 Å². The SMILES string of the molecule is COc1ccc(/C=C/c2nnc(N)o2)cc1OCc1ccccc1. The molecule has 6 nitrogen and oxygen atoms in total. The zero-order valence-corrected chi connectivity index (χ0v) is 13.2. The van der Waals surface area contributed by atoms with Gasteiger partial charge in [0, 0.05) is 6.08 Å². The van der Waals surface area contributed by atoms with Crippen LogP contribution >= 0.6 is 0 Å². The number of nitrogens with two attached hydrogens (primary N) is 1. The van der Waals surface area contributed by atoms with Crippen molar-refractivity contribution < 1.29 is 13.9 Å². The van der Waals surface area contributed by atoms with Gasteiger partial charge in [-0.3, -0.25) is 0 Å². The minimum absolute atomic E-state index is 0.0382. The topological polar surface area (TPSA) is 83.4 Å². The molecular weight excluding hydrogens is 306 g/mol. The Hall–Kier alpha value is -3.28. The molecule has 0 unspecified atom stereocenters. The molecule has 1 heterocycles. The number of aromatic nitrogens is 2. The Morgan fingerprint density at radius 1 is 1.04 bits per heavy atom. The van der Waals surface area contributed by atoms with E-state index in [1.807, 2.05) is 54.6 Å². The smallest absolute Gasteiger partial charge is 0.313 e. The first-order chi connectivity index (χ1) is 11.7. The van der Waals surface area contributed by atoms with Gasteiger partial charge in [0.15, 0.2) is 11.5 Å². The molecule has 3 aromatic rings. The third kappa shape index (κ3) is 3.92. The molecule has 0 saturated carbocycles. The van der Waals surface area contributed by atoms with Crippen LogP contribution in [0.5, 0.6) is 11.5 Å². The first kappa shape index (κ1) is 15.6. The summed E-state index contributed by atoms with van der Waals surface area (Å²) in [6, 6.07) is 15.6. The number of rotatable bonds is 6. The van der Waals surface area contributed by atoms with Crippen molar-refractivity contribution in [2.45, 2.75) is 6.61 Å². The summed E-state index contributed by atoms with van der Waals surface area (Å²) in [5.74, 6) is 1.67. The standard InChI is InChI=1S/C18H17N3O3/c1-22-15-9-7-13(8-10-17-20-21-18(19)24-17)11-16(15)23-12-14-5-3-2-4-6-14/h2-11H,12H2,1H3,(H2,19,21)/b10-8+. The van der Waals surface area contributed by atoms with Crippen molar-refractivity contribution >= 4 is 18.2 Å². The van der Waals surface area contributed by atoms with Gasteiger partial charge in [-0.15, -0.1) is 5.10 Å². The summed E-state index contributed by atoms with van der Waals surface area (Å²) in [6.07, 6.45) is 3.52. The number of hydrogen-bond donors (Lipinski definition) is 1. The van der Waals surface area contributed by atoms with Gasteiger partial charge in [-0.2, -0.15) is 0 Å². The second kappa shape index (κ2) is 7.32. The summed E-state index contributed by atoms with van der Waals surface area (Å²) in [4.78, 5) is 0. The van der Waals surface area contributed by atoms with Crippen LogP contribution in [0.25, 0.3) is 12.2 Å². The molecule has 24 heavy (non-hydrogen) atoms. The molecule has 3 rings (SSSR count). The van der Waals surface area contributed by atoms with Crippen LogP contribution in [0.4, 0.5) is 6.01 Å². The van der Waals surface area contributed by atoms with Crippen LogP contribution in [0.1, 0.15) is 17.0 Å². The van der Waals surface area contributed by atoms with Crippen LogP contribution in [-0.4, -0.2) is 17.3 Å². The van der Waals surface area contributed by atoms with Crippen molar-refractivity contribution in [3.8, 4) is 11.5 Å². The summed E-state index contributed by atoms with van der Waals surface area (Å²) in [5, 5.41) is 7.38. The monoisotopic (exact) mass is 323 g/mol. The van der Waals surface area contributed by atoms with E-state index < -0.39 is 0 Å². The molecular formula is C18H17N3O3.